The zero-order chi connectivity index (χ0) is 15.4. The molecule has 114 valence electrons. The molecule has 6 heteroatoms. The summed E-state index contributed by atoms with van der Waals surface area (Å²) in [5.74, 6) is -0.150. The lowest BCUT2D eigenvalue weighted by atomic mass is 10.2. The summed E-state index contributed by atoms with van der Waals surface area (Å²) in [5.41, 5.74) is -0.515. The van der Waals surface area contributed by atoms with Crippen molar-refractivity contribution in [3.05, 3.63) is 28.6 Å². The Bertz CT molecular complexity index is 674. The van der Waals surface area contributed by atoms with Gasteiger partial charge in [0.15, 0.2) is 5.75 Å². The first-order chi connectivity index (χ1) is 10.0. The van der Waals surface area contributed by atoms with E-state index in [-0.39, 0.29) is 35.7 Å². The third-order valence-electron chi connectivity index (χ3n) is 2.91. The van der Waals surface area contributed by atoms with Gasteiger partial charge in [0.05, 0.1) is 19.3 Å². The minimum atomic E-state index is -0.733. The number of fused-ring (bicyclic) bond motifs is 1. The summed E-state index contributed by atoms with van der Waals surface area (Å²) in [7, 11) is 0. The summed E-state index contributed by atoms with van der Waals surface area (Å²) in [6.07, 6.45) is -0.0304. The molecule has 2 N–H and O–H groups in total. The molecule has 21 heavy (non-hydrogen) atoms. The summed E-state index contributed by atoms with van der Waals surface area (Å²) < 4.78 is 15.8. The average Bonchev–Trinajstić information content (AvgIpc) is 2.43. The Balaban J connectivity index is 2.46. The molecular formula is C15H18O6. The molecule has 2 rings (SSSR count). The van der Waals surface area contributed by atoms with Crippen molar-refractivity contribution < 1.29 is 24.1 Å². The highest BCUT2D eigenvalue weighted by atomic mass is 16.5. The zero-order valence-corrected chi connectivity index (χ0v) is 12.0. The number of hydrogen-bond donors (Lipinski definition) is 2. The normalized spacial score (nSPS) is 12.3. The van der Waals surface area contributed by atoms with E-state index in [1.165, 1.54) is 0 Å². The van der Waals surface area contributed by atoms with Crippen LogP contribution in [0.4, 0.5) is 0 Å². The second-order valence-corrected chi connectivity index (χ2v) is 4.62. The van der Waals surface area contributed by atoms with Crippen molar-refractivity contribution in [2.75, 3.05) is 13.2 Å². The molecule has 0 saturated heterocycles. The fraction of sp³-hybridized carbons (Fsp3) is 0.400. The van der Waals surface area contributed by atoms with Crippen molar-refractivity contribution in [2.24, 2.45) is 0 Å². The predicted molar refractivity (Wildman–Crippen MR) is 77.1 cm³/mol. The number of benzene rings is 1. The van der Waals surface area contributed by atoms with Crippen LogP contribution < -0.4 is 15.1 Å². The van der Waals surface area contributed by atoms with Gasteiger partial charge in [0, 0.05) is 6.42 Å². The Morgan fingerprint density at radius 2 is 2.10 bits per heavy atom. The molecule has 0 aliphatic carbocycles. The minimum Gasteiger partial charge on any atom is -0.503 e. The second kappa shape index (κ2) is 6.49. The Morgan fingerprint density at radius 3 is 2.76 bits per heavy atom. The van der Waals surface area contributed by atoms with Crippen LogP contribution in [0.1, 0.15) is 20.3 Å². The maximum absolute atomic E-state index is 11.7. The van der Waals surface area contributed by atoms with Crippen LogP contribution in [0, 0.1) is 0 Å². The summed E-state index contributed by atoms with van der Waals surface area (Å²) in [6.45, 7) is 3.87. The number of aliphatic hydroxyl groups is 1. The van der Waals surface area contributed by atoms with Gasteiger partial charge in [-0.2, -0.15) is 0 Å². The SMILES string of the molecule is CCOc1c(O)c2c(OCCC(C)O)cccc2oc1=O. The Morgan fingerprint density at radius 1 is 1.33 bits per heavy atom. The van der Waals surface area contributed by atoms with Crippen LogP contribution >= 0.6 is 0 Å². The zero-order valence-electron chi connectivity index (χ0n) is 12.0. The van der Waals surface area contributed by atoms with Crippen molar-refractivity contribution in [3.8, 4) is 17.2 Å². The lowest BCUT2D eigenvalue weighted by Crippen LogP contribution is -2.09. The topological polar surface area (TPSA) is 89.1 Å². The number of hydrogen-bond acceptors (Lipinski definition) is 6. The van der Waals surface area contributed by atoms with Crippen molar-refractivity contribution in [3.63, 3.8) is 0 Å². The van der Waals surface area contributed by atoms with Crippen molar-refractivity contribution in [2.45, 2.75) is 26.4 Å². The van der Waals surface area contributed by atoms with Crippen LogP contribution in [-0.2, 0) is 0 Å². The lowest BCUT2D eigenvalue weighted by Gasteiger charge is -2.12. The fourth-order valence-corrected chi connectivity index (χ4v) is 1.92. The summed E-state index contributed by atoms with van der Waals surface area (Å²) >= 11 is 0. The molecule has 0 radical (unpaired) electrons. The maximum atomic E-state index is 11.7. The van der Waals surface area contributed by atoms with Crippen LogP contribution in [-0.4, -0.2) is 29.5 Å². The Labute approximate surface area is 121 Å². The molecule has 1 atom stereocenters. The molecule has 0 fully saturated rings. The maximum Gasteiger partial charge on any atom is 0.383 e. The average molecular weight is 294 g/mol. The van der Waals surface area contributed by atoms with Crippen molar-refractivity contribution in [1.82, 2.24) is 0 Å². The van der Waals surface area contributed by atoms with Gasteiger partial charge < -0.3 is 24.1 Å². The van der Waals surface area contributed by atoms with Crippen molar-refractivity contribution in [1.29, 1.82) is 0 Å². The Kier molecular flexibility index (Phi) is 4.70. The molecular weight excluding hydrogens is 276 g/mol. The van der Waals surface area contributed by atoms with Crippen LogP contribution in [0.2, 0.25) is 0 Å². The number of rotatable bonds is 6. The number of ether oxygens (including phenoxy) is 2. The fourth-order valence-electron chi connectivity index (χ4n) is 1.92. The van der Waals surface area contributed by atoms with E-state index in [1.54, 1.807) is 32.0 Å². The molecule has 0 aliphatic heterocycles. The molecule has 1 heterocycles. The third-order valence-corrected chi connectivity index (χ3v) is 2.91. The van der Waals surface area contributed by atoms with Crippen LogP contribution in [0.25, 0.3) is 11.0 Å². The van der Waals surface area contributed by atoms with Crippen molar-refractivity contribution >= 4 is 11.0 Å². The van der Waals surface area contributed by atoms with Gasteiger partial charge in [-0.05, 0) is 26.0 Å². The molecule has 6 nitrogen and oxygen atoms in total. The van der Waals surface area contributed by atoms with E-state index in [9.17, 15) is 15.0 Å². The van der Waals surface area contributed by atoms with Gasteiger partial charge in [-0.25, -0.2) is 4.79 Å². The van der Waals surface area contributed by atoms with Crippen LogP contribution in [0.3, 0.4) is 0 Å². The minimum absolute atomic E-state index is 0.218. The van der Waals surface area contributed by atoms with Gasteiger partial charge in [0.1, 0.15) is 16.7 Å². The highest BCUT2D eigenvalue weighted by molar-refractivity contribution is 5.91. The molecule has 1 unspecified atom stereocenters. The van der Waals surface area contributed by atoms with E-state index in [0.717, 1.165) is 0 Å². The van der Waals surface area contributed by atoms with E-state index < -0.39 is 11.7 Å². The number of aromatic hydroxyl groups is 1. The highest BCUT2D eigenvalue weighted by Gasteiger charge is 2.18. The summed E-state index contributed by atoms with van der Waals surface area (Å²) in [5, 5.41) is 19.8. The van der Waals surface area contributed by atoms with E-state index in [2.05, 4.69) is 0 Å². The van der Waals surface area contributed by atoms with Gasteiger partial charge in [0.2, 0.25) is 5.75 Å². The van der Waals surface area contributed by atoms with Gasteiger partial charge in [-0.3, -0.25) is 0 Å². The molecule has 0 bridgehead atoms. The largest absolute Gasteiger partial charge is 0.503 e. The molecule has 0 aliphatic rings. The first-order valence-corrected chi connectivity index (χ1v) is 6.77. The highest BCUT2D eigenvalue weighted by Crippen LogP contribution is 2.37. The summed E-state index contributed by atoms with van der Waals surface area (Å²) in [4.78, 5) is 11.7. The Hall–Kier alpha value is -2.21. The molecule has 0 saturated carbocycles. The van der Waals surface area contributed by atoms with Crippen LogP contribution in [0.5, 0.6) is 17.2 Å². The molecule has 1 aromatic carbocycles. The lowest BCUT2D eigenvalue weighted by molar-refractivity contribution is 0.156. The molecule has 2 aromatic rings. The van der Waals surface area contributed by atoms with Gasteiger partial charge in [0.25, 0.3) is 0 Å². The smallest absolute Gasteiger partial charge is 0.383 e. The van der Waals surface area contributed by atoms with E-state index in [4.69, 9.17) is 13.9 Å². The third kappa shape index (κ3) is 3.28. The van der Waals surface area contributed by atoms with Crippen LogP contribution in [0.15, 0.2) is 27.4 Å². The molecule has 1 aromatic heterocycles. The van der Waals surface area contributed by atoms with E-state index in [1.807, 2.05) is 0 Å². The quantitative estimate of drug-likeness (QED) is 0.793. The van der Waals surface area contributed by atoms with E-state index in [0.29, 0.717) is 12.2 Å². The van der Waals surface area contributed by atoms with Gasteiger partial charge in [-0.15, -0.1) is 0 Å². The monoisotopic (exact) mass is 294 g/mol. The standard InChI is InChI=1S/C15H18O6/c1-3-19-14-13(17)12-10(20-8-7-9(2)16)5-4-6-11(12)21-15(14)18/h4-6,9,16-17H,3,7-8H2,1-2H3. The van der Waals surface area contributed by atoms with Gasteiger partial charge >= 0.3 is 5.63 Å². The van der Waals surface area contributed by atoms with E-state index >= 15 is 0 Å². The first kappa shape index (κ1) is 15.2. The van der Waals surface area contributed by atoms with Gasteiger partial charge in [-0.1, -0.05) is 6.07 Å². The second-order valence-electron chi connectivity index (χ2n) is 4.62. The number of aliphatic hydroxyl groups excluding tert-OH is 1. The first-order valence-electron chi connectivity index (χ1n) is 6.77. The predicted octanol–water partition coefficient (Wildman–Crippen LogP) is 2.05. The summed E-state index contributed by atoms with van der Waals surface area (Å²) in [6, 6.07) is 4.87. The molecule has 0 spiro atoms. The molecule has 0 amide bonds.